The number of thioether (sulfide) groups is 1. The van der Waals surface area contributed by atoms with Crippen molar-refractivity contribution in [2.24, 2.45) is 0 Å². The van der Waals surface area contributed by atoms with Crippen LogP contribution in [0.25, 0.3) is 0 Å². The molecule has 1 unspecified atom stereocenters. The van der Waals surface area contributed by atoms with E-state index in [0.717, 1.165) is 16.3 Å². The molecule has 0 fully saturated rings. The van der Waals surface area contributed by atoms with E-state index in [2.05, 4.69) is 0 Å². The summed E-state index contributed by atoms with van der Waals surface area (Å²) in [6, 6.07) is 14.9. The molecule has 5 heteroatoms. The molecule has 3 N–H and O–H groups in total. The fourth-order valence-corrected chi connectivity index (χ4v) is 3.00. The zero-order valence-corrected chi connectivity index (χ0v) is 13.1. The van der Waals surface area contributed by atoms with E-state index >= 15 is 0 Å². The van der Waals surface area contributed by atoms with E-state index in [9.17, 15) is 5.11 Å². The van der Waals surface area contributed by atoms with Gasteiger partial charge in [-0.1, -0.05) is 35.9 Å². The van der Waals surface area contributed by atoms with Gasteiger partial charge in [0.15, 0.2) is 0 Å². The molecule has 0 aromatic heterocycles. The molecule has 112 valence electrons. The Kier molecular flexibility index (Phi) is 6.23. The molecule has 0 radical (unpaired) electrons. The summed E-state index contributed by atoms with van der Waals surface area (Å²) in [6.07, 6.45) is -0.529. The van der Waals surface area contributed by atoms with Gasteiger partial charge in [-0.25, -0.2) is 0 Å². The van der Waals surface area contributed by atoms with Gasteiger partial charge in [-0.2, -0.15) is 11.8 Å². The Morgan fingerprint density at radius 3 is 2.76 bits per heavy atom. The van der Waals surface area contributed by atoms with Gasteiger partial charge in [0, 0.05) is 28.3 Å². The van der Waals surface area contributed by atoms with Crippen LogP contribution >= 0.6 is 23.4 Å². The van der Waals surface area contributed by atoms with E-state index < -0.39 is 6.10 Å². The van der Waals surface area contributed by atoms with Gasteiger partial charge in [0.1, 0.15) is 12.4 Å². The smallest absolute Gasteiger partial charge is 0.121 e. The summed E-state index contributed by atoms with van der Waals surface area (Å²) < 4.78 is 5.51. The first-order valence-electron chi connectivity index (χ1n) is 6.62. The molecular weight excluding hydrogens is 306 g/mol. The monoisotopic (exact) mass is 323 g/mol. The van der Waals surface area contributed by atoms with Gasteiger partial charge in [0.05, 0.1) is 6.10 Å². The number of aliphatic hydroxyl groups excluding tert-OH is 1. The Morgan fingerprint density at radius 1 is 1.19 bits per heavy atom. The highest BCUT2D eigenvalue weighted by molar-refractivity contribution is 7.98. The standard InChI is InChI=1S/C16H18ClNO2S/c17-16-7-2-1-4-12(16)10-21-11-14(19)9-20-15-6-3-5-13(18)8-15/h1-8,14,19H,9-11,18H2. The summed E-state index contributed by atoms with van der Waals surface area (Å²) in [5.74, 6) is 2.04. The summed E-state index contributed by atoms with van der Waals surface area (Å²) in [5.41, 5.74) is 7.39. The van der Waals surface area contributed by atoms with Gasteiger partial charge in [-0.05, 0) is 23.8 Å². The number of rotatable bonds is 7. The number of aliphatic hydroxyl groups is 1. The van der Waals surface area contributed by atoms with Gasteiger partial charge in [-0.3, -0.25) is 0 Å². The van der Waals surface area contributed by atoms with Crippen LogP contribution in [0.15, 0.2) is 48.5 Å². The van der Waals surface area contributed by atoms with Crippen LogP contribution in [-0.2, 0) is 5.75 Å². The van der Waals surface area contributed by atoms with Crippen molar-refractivity contribution >= 4 is 29.1 Å². The van der Waals surface area contributed by atoms with Crippen molar-refractivity contribution in [1.82, 2.24) is 0 Å². The Labute approximate surface area is 134 Å². The predicted molar refractivity (Wildman–Crippen MR) is 90.0 cm³/mol. The van der Waals surface area contributed by atoms with Crippen LogP contribution in [0, 0.1) is 0 Å². The van der Waals surface area contributed by atoms with Crippen LogP contribution < -0.4 is 10.5 Å². The molecule has 1 atom stereocenters. The highest BCUT2D eigenvalue weighted by atomic mass is 35.5. The van der Waals surface area contributed by atoms with E-state index in [0.29, 0.717) is 17.2 Å². The first-order valence-corrected chi connectivity index (χ1v) is 8.16. The fraction of sp³-hybridized carbons (Fsp3) is 0.250. The van der Waals surface area contributed by atoms with Crippen LogP contribution in [0.4, 0.5) is 5.69 Å². The summed E-state index contributed by atoms with van der Waals surface area (Å²) in [5, 5.41) is 10.7. The SMILES string of the molecule is Nc1cccc(OCC(O)CSCc2ccccc2Cl)c1. The van der Waals surface area contributed by atoms with E-state index in [1.165, 1.54) is 0 Å². The number of anilines is 1. The molecular formula is C16H18ClNO2S. The highest BCUT2D eigenvalue weighted by Gasteiger charge is 2.07. The molecule has 3 nitrogen and oxygen atoms in total. The number of nitrogens with two attached hydrogens (primary N) is 1. The normalized spacial score (nSPS) is 12.1. The van der Waals surface area contributed by atoms with E-state index in [1.807, 2.05) is 36.4 Å². The third-order valence-corrected chi connectivity index (χ3v) is 4.33. The molecule has 0 amide bonds. The molecule has 0 aliphatic rings. The van der Waals surface area contributed by atoms with Crippen molar-refractivity contribution in [3.8, 4) is 5.75 Å². The Morgan fingerprint density at radius 2 is 2.00 bits per heavy atom. The third kappa shape index (κ3) is 5.50. The zero-order valence-electron chi connectivity index (χ0n) is 11.5. The molecule has 0 bridgehead atoms. The van der Waals surface area contributed by atoms with E-state index in [1.54, 1.807) is 23.9 Å². The second-order valence-electron chi connectivity index (χ2n) is 4.64. The largest absolute Gasteiger partial charge is 0.491 e. The van der Waals surface area contributed by atoms with Crippen molar-refractivity contribution in [3.05, 3.63) is 59.1 Å². The van der Waals surface area contributed by atoms with Crippen LogP contribution in [0.2, 0.25) is 5.02 Å². The summed E-state index contributed by atoms with van der Waals surface area (Å²) in [6.45, 7) is 0.249. The van der Waals surface area contributed by atoms with Crippen molar-refractivity contribution in [2.75, 3.05) is 18.1 Å². The molecule has 2 aromatic carbocycles. The second-order valence-corrected chi connectivity index (χ2v) is 6.08. The number of hydrogen-bond acceptors (Lipinski definition) is 4. The first-order chi connectivity index (χ1) is 10.1. The van der Waals surface area contributed by atoms with Crippen molar-refractivity contribution in [3.63, 3.8) is 0 Å². The Balaban J connectivity index is 1.70. The lowest BCUT2D eigenvalue weighted by atomic mass is 10.2. The molecule has 0 saturated carbocycles. The van der Waals surface area contributed by atoms with E-state index in [-0.39, 0.29) is 6.61 Å². The summed E-state index contributed by atoms with van der Waals surface area (Å²) in [7, 11) is 0. The number of ether oxygens (including phenoxy) is 1. The third-order valence-electron chi connectivity index (χ3n) is 2.83. The molecule has 0 aliphatic heterocycles. The van der Waals surface area contributed by atoms with Crippen LogP contribution in [-0.4, -0.2) is 23.6 Å². The maximum atomic E-state index is 9.92. The van der Waals surface area contributed by atoms with Crippen LogP contribution in [0.1, 0.15) is 5.56 Å². The topological polar surface area (TPSA) is 55.5 Å². The van der Waals surface area contributed by atoms with Crippen LogP contribution in [0.5, 0.6) is 5.75 Å². The van der Waals surface area contributed by atoms with Gasteiger partial charge < -0.3 is 15.6 Å². The number of hydrogen-bond donors (Lipinski definition) is 2. The number of nitrogen functional groups attached to an aromatic ring is 1. The first kappa shape index (κ1) is 16.0. The van der Waals surface area contributed by atoms with Crippen molar-refractivity contribution in [1.29, 1.82) is 0 Å². The lowest BCUT2D eigenvalue weighted by Gasteiger charge is -2.12. The zero-order chi connectivity index (χ0) is 15.1. The lowest BCUT2D eigenvalue weighted by molar-refractivity contribution is 0.126. The highest BCUT2D eigenvalue weighted by Crippen LogP contribution is 2.21. The van der Waals surface area contributed by atoms with E-state index in [4.69, 9.17) is 22.1 Å². The molecule has 2 aromatic rings. The average molecular weight is 324 g/mol. The maximum absolute atomic E-state index is 9.92. The molecule has 0 spiro atoms. The fourth-order valence-electron chi connectivity index (χ4n) is 1.77. The minimum atomic E-state index is -0.529. The second kappa shape index (κ2) is 8.17. The van der Waals surface area contributed by atoms with Gasteiger partial charge in [0.25, 0.3) is 0 Å². The quantitative estimate of drug-likeness (QED) is 0.764. The lowest BCUT2D eigenvalue weighted by Crippen LogP contribution is -2.20. The summed E-state index contributed by atoms with van der Waals surface area (Å²) in [4.78, 5) is 0. The minimum absolute atomic E-state index is 0.249. The molecule has 21 heavy (non-hydrogen) atoms. The van der Waals surface area contributed by atoms with Crippen LogP contribution in [0.3, 0.4) is 0 Å². The van der Waals surface area contributed by atoms with Gasteiger partial charge >= 0.3 is 0 Å². The average Bonchev–Trinajstić information content (AvgIpc) is 2.47. The molecule has 0 heterocycles. The molecule has 0 aliphatic carbocycles. The molecule has 0 saturated heterocycles. The van der Waals surface area contributed by atoms with Gasteiger partial charge in [0.2, 0.25) is 0 Å². The van der Waals surface area contributed by atoms with Gasteiger partial charge in [-0.15, -0.1) is 0 Å². The Hall–Kier alpha value is -1.36. The van der Waals surface area contributed by atoms with Crippen molar-refractivity contribution < 1.29 is 9.84 Å². The predicted octanol–water partition coefficient (Wildman–Crippen LogP) is 3.60. The summed E-state index contributed by atoms with van der Waals surface area (Å²) >= 11 is 7.71. The number of halogens is 1. The Bertz CT molecular complexity index is 580. The molecule has 2 rings (SSSR count). The maximum Gasteiger partial charge on any atom is 0.121 e. The minimum Gasteiger partial charge on any atom is -0.491 e. The van der Waals surface area contributed by atoms with Crippen molar-refractivity contribution in [2.45, 2.75) is 11.9 Å². The number of benzene rings is 2.